The minimum absolute atomic E-state index is 0.00317. The molecule has 1 unspecified atom stereocenters. The van der Waals surface area contributed by atoms with Crippen LogP contribution in [0.1, 0.15) is 49.2 Å². The van der Waals surface area contributed by atoms with Gasteiger partial charge in [0.1, 0.15) is 35.6 Å². The monoisotopic (exact) mass is 576 g/mol. The third kappa shape index (κ3) is 7.31. The molecule has 1 aromatic rings. The molecule has 3 aliphatic heterocycles. The number of halogens is 4. The van der Waals surface area contributed by atoms with E-state index in [0.29, 0.717) is 24.2 Å². The Morgan fingerprint density at radius 3 is 2.71 bits per heavy atom. The predicted molar refractivity (Wildman–Crippen MR) is 139 cm³/mol. The molecule has 1 fully saturated rings. The Kier molecular flexibility index (Phi) is 8.52. The Bertz CT molecular complexity index is 1370. The highest BCUT2D eigenvalue weighted by molar-refractivity contribution is 6.00. The second-order valence-corrected chi connectivity index (χ2v) is 10.4. The molecule has 0 aliphatic carbocycles. The molecule has 1 saturated heterocycles. The lowest BCUT2D eigenvalue weighted by Crippen LogP contribution is -2.46. The van der Waals surface area contributed by atoms with E-state index < -0.39 is 54.7 Å². The molecule has 3 N–H and O–H groups in total. The van der Waals surface area contributed by atoms with Gasteiger partial charge in [-0.2, -0.15) is 18.4 Å². The number of rotatable bonds is 8. The summed E-state index contributed by atoms with van der Waals surface area (Å²) < 4.78 is 52.7. The highest BCUT2D eigenvalue weighted by Crippen LogP contribution is 2.36. The molecule has 0 radical (unpaired) electrons. The molecule has 41 heavy (non-hydrogen) atoms. The zero-order valence-corrected chi connectivity index (χ0v) is 22.2. The van der Waals surface area contributed by atoms with Crippen molar-refractivity contribution in [1.29, 1.82) is 5.26 Å². The van der Waals surface area contributed by atoms with Gasteiger partial charge in [-0.05, 0) is 38.8 Å². The van der Waals surface area contributed by atoms with Crippen molar-refractivity contribution < 1.29 is 32.3 Å². The standard InChI is InChI=1S/C26H28F4N8O3/c1-25(2,41)20(27)12-34-24(40)16-11-32-18(23-22-19(36-37-23)6-14(9-31)10-33-22)7-17(16)35-15-4-3-5-38(13-15)21(39)8-26(28,29)30/h6-7,10-11,14-15,20,41H,3-5,8,12-13H2,1-2H3,(H,32,35)(H,34,40)/t14?,15-,20-/m1/s1. The van der Waals surface area contributed by atoms with Crippen LogP contribution in [0.4, 0.5) is 23.2 Å². The van der Waals surface area contributed by atoms with Crippen LogP contribution in [0.15, 0.2) is 45.0 Å². The summed E-state index contributed by atoms with van der Waals surface area (Å²) in [5.74, 6) is -2.32. The average molecular weight is 577 g/mol. The number of amides is 2. The summed E-state index contributed by atoms with van der Waals surface area (Å²) in [4.78, 5) is 35.0. The Labute approximate surface area is 232 Å². The van der Waals surface area contributed by atoms with E-state index in [9.17, 15) is 32.3 Å². The molecule has 3 atom stereocenters. The number of likely N-dealkylation sites (tertiary alicyclic amines) is 1. The minimum atomic E-state index is -4.63. The van der Waals surface area contributed by atoms with Crippen LogP contribution in [0, 0.1) is 17.2 Å². The maximum atomic E-state index is 14.3. The van der Waals surface area contributed by atoms with Gasteiger partial charge in [0.2, 0.25) is 5.91 Å². The van der Waals surface area contributed by atoms with E-state index in [-0.39, 0.29) is 35.7 Å². The first kappa shape index (κ1) is 29.8. The van der Waals surface area contributed by atoms with Crippen LogP contribution >= 0.6 is 0 Å². The van der Waals surface area contributed by atoms with Gasteiger partial charge < -0.3 is 20.6 Å². The Hall–Kier alpha value is -4.19. The number of aliphatic hydroxyl groups is 1. The number of aromatic nitrogens is 1. The topological polar surface area (TPSA) is 155 Å². The van der Waals surface area contributed by atoms with Gasteiger partial charge in [-0.3, -0.25) is 19.6 Å². The quantitative estimate of drug-likeness (QED) is 0.402. The van der Waals surface area contributed by atoms with Gasteiger partial charge in [-0.1, -0.05) is 0 Å². The van der Waals surface area contributed by atoms with E-state index in [0.717, 1.165) is 4.90 Å². The predicted octanol–water partition coefficient (Wildman–Crippen LogP) is 3.52. The van der Waals surface area contributed by atoms with E-state index in [1.807, 2.05) is 6.07 Å². The lowest BCUT2D eigenvalue weighted by atomic mass is 10.0. The van der Waals surface area contributed by atoms with Crippen LogP contribution < -0.4 is 10.6 Å². The summed E-state index contributed by atoms with van der Waals surface area (Å²) in [5, 5.41) is 32.7. The SMILES string of the molecule is CC(C)(O)[C@H](F)CNC(=O)c1cnc(C2=C3N=CC(C#N)C=C3N=N2)cc1N[C@@H]1CCCN(C(=O)CC(F)(F)F)C1. The first-order chi connectivity index (χ1) is 19.2. The molecule has 4 rings (SSSR count). The number of alkyl halides is 4. The second-order valence-electron chi connectivity index (χ2n) is 10.4. The van der Waals surface area contributed by atoms with Crippen LogP contribution in [-0.2, 0) is 4.79 Å². The number of aliphatic imine (C=N–C) groups is 1. The van der Waals surface area contributed by atoms with Crippen LogP contribution in [-0.4, -0.2) is 76.6 Å². The van der Waals surface area contributed by atoms with Crippen LogP contribution in [0.2, 0.25) is 0 Å². The number of nitrogens with one attached hydrogen (secondary N) is 2. The third-order valence-corrected chi connectivity index (χ3v) is 6.66. The summed E-state index contributed by atoms with van der Waals surface area (Å²) in [6.07, 6.45) is -2.78. The normalized spacial score (nSPS) is 21.2. The fourth-order valence-electron chi connectivity index (χ4n) is 4.41. The summed E-state index contributed by atoms with van der Waals surface area (Å²) in [5.41, 5.74) is -0.171. The molecule has 0 saturated carbocycles. The lowest BCUT2D eigenvalue weighted by Gasteiger charge is -2.34. The number of carbonyl (C=O) groups excluding carboxylic acids is 2. The van der Waals surface area contributed by atoms with Gasteiger partial charge in [-0.25, -0.2) is 4.39 Å². The molecule has 0 aromatic carbocycles. The first-order valence-corrected chi connectivity index (χ1v) is 12.8. The number of hydrogen-bond donors (Lipinski definition) is 3. The minimum Gasteiger partial charge on any atom is -0.387 e. The van der Waals surface area contributed by atoms with Gasteiger partial charge >= 0.3 is 6.18 Å². The fourth-order valence-corrected chi connectivity index (χ4v) is 4.41. The Balaban J connectivity index is 1.62. The highest BCUT2D eigenvalue weighted by atomic mass is 19.4. The molecule has 1 aromatic heterocycles. The van der Waals surface area contributed by atoms with Crippen molar-refractivity contribution in [2.45, 2.75) is 57.1 Å². The summed E-state index contributed by atoms with van der Waals surface area (Å²) in [7, 11) is 0. The highest BCUT2D eigenvalue weighted by Gasteiger charge is 2.35. The number of piperidine rings is 1. The van der Waals surface area contributed by atoms with E-state index in [4.69, 9.17) is 5.26 Å². The van der Waals surface area contributed by atoms with E-state index in [1.54, 1.807) is 6.08 Å². The lowest BCUT2D eigenvalue weighted by molar-refractivity contribution is -0.162. The number of azo groups is 1. The Morgan fingerprint density at radius 2 is 2.02 bits per heavy atom. The molecule has 11 nitrogen and oxygen atoms in total. The second kappa shape index (κ2) is 11.7. The van der Waals surface area contributed by atoms with Crippen LogP contribution in [0.3, 0.4) is 0 Å². The molecule has 0 bridgehead atoms. The number of hydrogen-bond acceptors (Lipinski definition) is 9. The summed E-state index contributed by atoms with van der Waals surface area (Å²) in [6.45, 7) is 2.19. The number of nitrogens with zero attached hydrogens (tertiary/aromatic N) is 6. The average Bonchev–Trinajstić information content (AvgIpc) is 3.33. The number of fused-ring (bicyclic) bond motifs is 1. The molecular formula is C26H28F4N8O3. The number of allylic oxidation sites excluding steroid dienone is 1. The largest absolute Gasteiger partial charge is 0.397 e. The Morgan fingerprint density at radius 1 is 1.27 bits per heavy atom. The fraction of sp³-hybridized carbons (Fsp3) is 0.500. The van der Waals surface area contributed by atoms with Gasteiger partial charge in [0.15, 0.2) is 0 Å². The zero-order valence-electron chi connectivity index (χ0n) is 22.2. The molecule has 2 amide bonds. The van der Waals surface area contributed by atoms with Crippen LogP contribution in [0.5, 0.6) is 0 Å². The van der Waals surface area contributed by atoms with Gasteiger partial charge in [0.05, 0.1) is 35.2 Å². The number of dihydropyridines is 1. The maximum Gasteiger partial charge on any atom is 0.397 e. The van der Waals surface area contributed by atoms with E-state index in [2.05, 4.69) is 30.8 Å². The summed E-state index contributed by atoms with van der Waals surface area (Å²) in [6, 6.07) is 3.03. The molecule has 3 aliphatic rings. The number of carbonyl (C=O) groups is 2. The molecule has 218 valence electrons. The molecule has 4 heterocycles. The maximum absolute atomic E-state index is 14.3. The van der Waals surface area contributed by atoms with Crippen molar-refractivity contribution in [3.63, 3.8) is 0 Å². The van der Waals surface area contributed by atoms with Crippen molar-refractivity contribution in [3.05, 3.63) is 41.0 Å². The van der Waals surface area contributed by atoms with Crippen molar-refractivity contribution >= 4 is 29.4 Å². The number of nitriles is 1. The molecular weight excluding hydrogens is 548 g/mol. The molecule has 15 heteroatoms. The first-order valence-electron chi connectivity index (χ1n) is 12.8. The number of anilines is 1. The zero-order chi connectivity index (χ0) is 29.9. The molecule has 0 spiro atoms. The van der Waals surface area contributed by atoms with Crippen LogP contribution in [0.25, 0.3) is 5.70 Å². The van der Waals surface area contributed by atoms with Gasteiger partial charge in [-0.15, -0.1) is 10.2 Å². The van der Waals surface area contributed by atoms with Crippen molar-refractivity contribution in [2.24, 2.45) is 21.1 Å². The van der Waals surface area contributed by atoms with Gasteiger partial charge in [0.25, 0.3) is 5.91 Å². The van der Waals surface area contributed by atoms with E-state index in [1.165, 1.54) is 32.3 Å². The third-order valence-electron chi connectivity index (χ3n) is 6.66. The van der Waals surface area contributed by atoms with Crippen molar-refractivity contribution in [1.82, 2.24) is 15.2 Å². The van der Waals surface area contributed by atoms with E-state index >= 15 is 0 Å². The smallest absolute Gasteiger partial charge is 0.387 e. The number of pyridine rings is 1. The summed E-state index contributed by atoms with van der Waals surface area (Å²) >= 11 is 0. The van der Waals surface area contributed by atoms with Crippen molar-refractivity contribution in [2.75, 3.05) is 25.0 Å². The van der Waals surface area contributed by atoms with Gasteiger partial charge in [0, 0.05) is 31.5 Å². The van der Waals surface area contributed by atoms with Crippen molar-refractivity contribution in [3.8, 4) is 6.07 Å².